The summed E-state index contributed by atoms with van der Waals surface area (Å²) in [5.74, 6) is 1.78. The van der Waals surface area contributed by atoms with Gasteiger partial charge in [0.1, 0.15) is 5.82 Å². The number of likely N-dealkylation sites (tertiary alicyclic amines) is 1. The van der Waals surface area contributed by atoms with Crippen molar-refractivity contribution < 1.29 is 5.11 Å². The van der Waals surface area contributed by atoms with E-state index in [1.165, 1.54) is 0 Å². The molecule has 0 aromatic carbocycles. The van der Waals surface area contributed by atoms with Crippen LogP contribution >= 0.6 is 0 Å². The van der Waals surface area contributed by atoms with Crippen LogP contribution in [0.5, 0.6) is 0 Å². The lowest BCUT2D eigenvalue weighted by Crippen LogP contribution is -2.37. The van der Waals surface area contributed by atoms with Crippen molar-refractivity contribution in [3.8, 4) is 5.82 Å². The molecule has 0 aliphatic carbocycles. The summed E-state index contributed by atoms with van der Waals surface area (Å²) in [5, 5.41) is 23.4. The highest BCUT2D eigenvalue weighted by atomic mass is 16.3. The fourth-order valence-electron chi connectivity index (χ4n) is 4.43. The van der Waals surface area contributed by atoms with Crippen LogP contribution in [-0.2, 0) is 0 Å². The minimum atomic E-state index is -0.992. The van der Waals surface area contributed by atoms with Crippen molar-refractivity contribution in [2.45, 2.75) is 51.8 Å². The fourth-order valence-corrected chi connectivity index (χ4v) is 4.43. The van der Waals surface area contributed by atoms with E-state index in [-0.39, 0.29) is 0 Å². The van der Waals surface area contributed by atoms with Gasteiger partial charge in [0.2, 0.25) is 0 Å². The molecule has 9 heteroatoms. The molecule has 0 radical (unpaired) electrons. The van der Waals surface area contributed by atoms with E-state index in [0.29, 0.717) is 34.8 Å². The Labute approximate surface area is 193 Å². The van der Waals surface area contributed by atoms with Gasteiger partial charge in [0.15, 0.2) is 17.7 Å². The number of hydrogen-bond donors (Lipinski definition) is 2. The molecule has 2 N–H and O–H groups in total. The zero-order chi connectivity index (χ0) is 22.9. The number of nitrogens with one attached hydrogen (secondary N) is 1. The summed E-state index contributed by atoms with van der Waals surface area (Å²) >= 11 is 0. The van der Waals surface area contributed by atoms with Crippen molar-refractivity contribution in [2.24, 2.45) is 0 Å². The van der Waals surface area contributed by atoms with Crippen molar-refractivity contribution in [3.05, 3.63) is 65.9 Å². The van der Waals surface area contributed by atoms with Gasteiger partial charge in [-0.3, -0.25) is 0 Å². The van der Waals surface area contributed by atoms with E-state index in [2.05, 4.69) is 39.1 Å². The van der Waals surface area contributed by atoms with E-state index < -0.39 is 6.23 Å². The van der Waals surface area contributed by atoms with Gasteiger partial charge in [-0.25, -0.2) is 14.5 Å². The van der Waals surface area contributed by atoms with Gasteiger partial charge >= 0.3 is 0 Å². The van der Waals surface area contributed by atoms with Crippen molar-refractivity contribution in [3.63, 3.8) is 0 Å². The third-order valence-electron chi connectivity index (χ3n) is 6.40. The Kier molecular flexibility index (Phi) is 5.82. The third kappa shape index (κ3) is 4.34. The number of pyridine rings is 1. The first-order chi connectivity index (χ1) is 16.0. The average molecular weight is 447 g/mol. The van der Waals surface area contributed by atoms with E-state index in [1.54, 1.807) is 33.9 Å². The van der Waals surface area contributed by atoms with E-state index in [4.69, 9.17) is 5.10 Å². The zero-order valence-corrected chi connectivity index (χ0v) is 19.3. The van der Waals surface area contributed by atoms with E-state index in [0.717, 1.165) is 37.2 Å². The minimum Gasteiger partial charge on any atom is -0.369 e. The van der Waals surface area contributed by atoms with Gasteiger partial charge in [0, 0.05) is 36.6 Å². The summed E-state index contributed by atoms with van der Waals surface area (Å²) in [4.78, 5) is 11.4. The van der Waals surface area contributed by atoms with Crippen molar-refractivity contribution >= 4 is 11.5 Å². The summed E-state index contributed by atoms with van der Waals surface area (Å²) in [6, 6.07) is 8.37. The molecule has 1 unspecified atom stereocenters. The Hall–Kier alpha value is -3.30. The highest BCUT2D eigenvalue weighted by Crippen LogP contribution is 2.31. The molecule has 0 saturated carbocycles. The van der Waals surface area contributed by atoms with Crippen molar-refractivity contribution in [2.75, 3.05) is 18.4 Å². The first-order valence-corrected chi connectivity index (χ1v) is 11.5. The summed E-state index contributed by atoms with van der Waals surface area (Å²) < 4.78 is 3.43. The van der Waals surface area contributed by atoms with Crippen LogP contribution in [0.4, 0.5) is 5.82 Å². The molecular weight excluding hydrogens is 416 g/mol. The lowest BCUT2D eigenvalue weighted by atomic mass is 9.93. The summed E-state index contributed by atoms with van der Waals surface area (Å²) in [5.41, 5.74) is 3.32. The third-order valence-corrected chi connectivity index (χ3v) is 6.40. The van der Waals surface area contributed by atoms with Crippen LogP contribution in [-0.4, -0.2) is 58.5 Å². The molecule has 1 atom stereocenters. The molecule has 1 fully saturated rings. The second-order valence-electron chi connectivity index (χ2n) is 9.00. The summed E-state index contributed by atoms with van der Waals surface area (Å²) in [7, 11) is 0. The van der Waals surface area contributed by atoms with Crippen molar-refractivity contribution in [1.29, 1.82) is 0 Å². The maximum Gasteiger partial charge on any atom is 0.162 e. The maximum atomic E-state index is 11.0. The normalized spacial score (nSPS) is 16.5. The predicted octanol–water partition coefficient (Wildman–Crippen LogP) is 3.31. The minimum absolute atomic E-state index is 0.378. The summed E-state index contributed by atoms with van der Waals surface area (Å²) in [6.07, 6.45) is 8.10. The Bertz CT molecular complexity index is 1220. The number of aromatic nitrogens is 6. The molecule has 1 saturated heterocycles. The second kappa shape index (κ2) is 8.92. The molecule has 33 heavy (non-hydrogen) atoms. The molecule has 1 aliphatic heterocycles. The summed E-state index contributed by atoms with van der Waals surface area (Å²) in [6.45, 7) is 8.64. The number of rotatable bonds is 6. The van der Waals surface area contributed by atoms with Gasteiger partial charge < -0.3 is 15.3 Å². The number of aryl methyl sites for hydroxylation is 1. The van der Waals surface area contributed by atoms with Gasteiger partial charge in [-0.15, -0.1) is 0 Å². The predicted molar refractivity (Wildman–Crippen MR) is 126 cm³/mol. The smallest absolute Gasteiger partial charge is 0.162 e. The van der Waals surface area contributed by atoms with Crippen molar-refractivity contribution in [1.82, 2.24) is 34.3 Å². The maximum absolute atomic E-state index is 11.0. The molecule has 172 valence electrons. The molecule has 5 rings (SSSR count). The Balaban J connectivity index is 1.45. The molecule has 1 aliphatic rings. The van der Waals surface area contributed by atoms with Crippen LogP contribution in [0.3, 0.4) is 0 Å². The van der Waals surface area contributed by atoms with Crippen LogP contribution < -0.4 is 5.32 Å². The highest BCUT2D eigenvalue weighted by molar-refractivity contribution is 5.52. The largest absolute Gasteiger partial charge is 0.369 e. The van der Waals surface area contributed by atoms with Gasteiger partial charge in [-0.1, -0.05) is 6.07 Å². The van der Waals surface area contributed by atoms with Gasteiger partial charge in [0.05, 0.1) is 17.5 Å². The molecule has 9 nitrogen and oxygen atoms in total. The Morgan fingerprint density at radius 2 is 1.94 bits per heavy atom. The fraction of sp³-hybridized carbons (Fsp3) is 0.417. The number of aliphatic hydroxyl groups is 1. The van der Waals surface area contributed by atoms with Crippen LogP contribution in [0.2, 0.25) is 0 Å². The number of nitrogens with zero attached hydrogens (tertiary/aromatic N) is 7. The number of aliphatic hydroxyl groups excluding tert-OH is 1. The van der Waals surface area contributed by atoms with E-state index in [9.17, 15) is 5.11 Å². The van der Waals surface area contributed by atoms with Gasteiger partial charge in [0.25, 0.3) is 0 Å². The molecule has 4 aromatic rings. The first kappa shape index (κ1) is 21.5. The number of fused-ring (bicyclic) bond motifs is 1. The van der Waals surface area contributed by atoms with Crippen LogP contribution in [0.25, 0.3) is 11.5 Å². The van der Waals surface area contributed by atoms with Gasteiger partial charge in [-0.2, -0.15) is 14.9 Å². The zero-order valence-electron chi connectivity index (χ0n) is 19.3. The number of piperidine rings is 1. The average Bonchev–Trinajstić information content (AvgIpc) is 3.44. The quantitative estimate of drug-likeness (QED) is 0.439. The molecule has 4 aromatic heterocycles. The Morgan fingerprint density at radius 3 is 2.67 bits per heavy atom. The number of hydrogen-bond acceptors (Lipinski definition) is 7. The molecule has 0 bridgehead atoms. The Morgan fingerprint density at radius 1 is 1.12 bits per heavy atom. The lowest BCUT2D eigenvalue weighted by Gasteiger charge is -2.33. The first-order valence-electron chi connectivity index (χ1n) is 11.5. The molecule has 0 spiro atoms. The van der Waals surface area contributed by atoms with Crippen LogP contribution in [0.15, 0.2) is 49.1 Å². The number of anilines is 1. The van der Waals surface area contributed by atoms with Gasteiger partial charge in [-0.05, 0) is 64.4 Å². The second-order valence-corrected chi connectivity index (χ2v) is 9.00. The SMILES string of the molecule is Cc1ccc(-n2nc(C3CCN(C(C)C)CC3)cc2NC(O)c2cnn3cccnc23)nc1. The standard InChI is InChI=1S/C24H30N8O/c1-16(2)30-11-7-18(8-12-30)20-13-22(32(29-20)21-6-5-17(3)14-26-21)28-24(33)19-15-27-31-10-4-9-25-23(19)31/h4-6,9-10,13-16,18,24,28,33H,7-8,11-12H2,1-3H3. The van der Waals surface area contributed by atoms with E-state index >= 15 is 0 Å². The topological polar surface area (TPSA) is 96.4 Å². The molecular formula is C24H30N8O. The van der Waals surface area contributed by atoms with E-state index in [1.807, 2.05) is 31.3 Å². The highest BCUT2D eigenvalue weighted by Gasteiger charge is 2.26. The lowest BCUT2D eigenvalue weighted by molar-refractivity contribution is 0.170. The van der Waals surface area contributed by atoms with Crippen LogP contribution in [0.1, 0.15) is 55.7 Å². The monoisotopic (exact) mass is 446 g/mol. The molecule has 0 amide bonds. The van der Waals surface area contributed by atoms with Crippen LogP contribution in [0, 0.1) is 6.92 Å². The molecule has 5 heterocycles.